The van der Waals surface area contributed by atoms with Gasteiger partial charge < -0.3 is 5.11 Å². The highest BCUT2D eigenvalue weighted by molar-refractivity contribution is 7.90. The number of anilines is 1. The van der Waals surface area contributed by atoms with Crippen molar-refractivity contribution in [3.05, 3.63) is 71.9 Å². The molecule has 1 aromatic carbocycles. The Morgan fingerprint density at radius 1 is 1.19 bits per heavy atom. The fraction of sp³-hybridized carbons (Fsp3) is 0.385. The zero-order valence-corrected chi connectivity index (χ0v) is 21.4. The van der Waals surface area contributed by atoms with Crippen LogP contribution in [-0.4, -0.2) is 64.4 Å². The molecule has 2 aliphatic heterocycles. The van der Waals surface area contributed by atoms with Gasteiger partial charge in [0.25, 0.3) is 0 Å². The molecule has 10 heteroatoms. The molecular formula is C26H30FN5O3S. The molecule has 1 N–H and O–H groups in total. The minimum Gasteiger partial charge on any atom is -0.506 e. The average Bonchev–Trinajstić information content (AvgIpc) is 3.01. The minimum atomic E-state index is -3.75. The third-order valence-corrected chi connectivity index (χ3v) is 9.32. The topological polar surface area (TPSA) is 89.9 Å². The summed E-state index contributed by atoms with van der Waals surface area (Å²) in [5.74, 6) is -0.383. The van der Waals surface area contributed by atoms with Crippen LogP contribution >= 0.6 is 0 Å². The van der Waals surface area contributed by atoms with Crippen LogP contribution in [0.5, 0.6) is 5.75 Å². The third-order valence-electron chi connectivity index (χ3n) is 7.35. The van der Waals surface area contributed by atoms with E-state index in [9.17, 15) is 17.9 Å². The fourth-order valence-corrected chi connectivity index (χ4v) is 7.39. The molecule has 8 nitrogen and oxygen atoms in total. The van der Waals surface area contributed by atoms with Gasteiger partial charge in [0, 0.05) is 44.5 Å². The van der Waals surface area contributed by atoms with E-state index in [-0.39, 0.29) is 11.8 Å². The second-order valence-corrected chi connectivity index (χ2v) is 11.8. The number of hydrogen-bond donors (Lipinski definition) is 1. The van der Waals surface area contributed by atoms with Crippen LogP contribution in [0, 0.1) is 12.7 Å². The van der Waals surface area contributed by atoms with Crippen LogP contribution in [0.1, 0.15) is 31.0 Å². The Morgan fingerprint density at radius 2 is 2.00 bits per heavy atom. The molecule has 2 atom stereocenters. The predicted octanol–water partition coefficient (Wildman–Crippen LogP) is 3.72. The monoisotopic (exact) mass is 511 g/mol. The van der Waals surface area contributed by atoms with Crippen LogP contribution in [-0.2, 0) is 16.8 Å². The van der Waals surface area contributed by atoms with E-state index in [0.29, 0.717) is 49.4 Å². The molecule has 2 saturated heterocycles. The van der Waals surface area contributed by atoms with E-state index >= 15 is 0 Å². The molecule has 190 valence electrons. The average molecular weight is 512 g/mol. The summed E-state index contributed by atoms with van der Waals surface area (Å²) in [6.07, 6.45) is 4.35. The van der Waals surface area contributed by atoms with Gasteiger partial charge >= 0.3 is 10.2 Å². The van der Waals surface area contributed by atoms with Crippen molar-refractivity contribution < 1.29 is 17.9 Å². The number of halogens is 1. The summed E-state index contributed by atoms with van der Waals surface area (Å²) in [7, 11) is -2.18. The van der Waals surface area contributed by atoms with Gasteiger partial charge in [0.2, 0.25) is 0 Å². The van der Waals surface area contributed by atoms with Gasteiger partial charge in [0.1, 0.15) is 11.6 Å². The largest absolute Gasteiger partial charge is 0.506 e. The molecular weight excluding hydrogens is 481 g/mol. The molecule has 0 radical (unpaired) electrons. The third kappa shape index (κ3) is 4.23. The maximum atomic E-state index is 14.0. The van der Waals surface area contributed by atoms with Crippen LogP contribution in [0.15, 0.2) is 54.9 Å². The van der Waals surface area contributed by atoms with Gasteiger partial charge in [-0.05, 0) is 62.6 Å². The molecule has 36 heavy (non-hydrogen) atoms. The standard InChI is InChI=1S/C26H30FN5O3S/c1-18-6-5-10-28-25(18)23-13-21(29-15-24(23)33)16-31-11-9-26(14-19(31)2)17-30(3)36(34,35)32(26)22-8-4-7-20(27)12-22/h4-8,10,12-13,15,19,33H,9,11,14,16-17H2,1-3H3/t19-,26+/m0/s1. The Hall–Kier alpha value is -3.08. The van der Waals surface area contributed by atoms with Crippen molar-refractivity contribution in [1.82, 2.24) is 19.2 Å². The molecule has 0 bridgehead atoms. The van der Waals surface area contributed by atoms with E-state index in [0.717, 1.165) is 11.3 Å². The summed E-state index contributed by atoms with van der Waals surface area (Å²) < 4.78 is 43.4. The molecule has 1 spiro atoms. The van der Waals surface area contributed by atoms with E-state index in [1.165, 1.54) is 26.9 Å². The maximum absolute atomic E-state index is 14.0. The summed E-state index contributed by atoms with van der Waals surface area (Å²) in [4.78, 5) is 11.1. The first-order valence-corrected chi connectivity index (χ1v) is 13.4. The van der Waals surface area contributed by atoms with E-state index in [1.807, 2.05) is 25.1 Å². The minimum absolute atomic E-state index is 0.0483. The van der Waals surface area contributed by atoms with E-state index in [1.54, 1.807) is 25.4 Å². The summed E-state index contributed by atoms with van der Waals surface area (Å²) in [6.45, 7) is 5.59. The molecule has 0 unspecified atom stereocenters. The predicted molar refractivity (Wildman–Crippen MR) is 136 cm³/mol. The number of likely N-dealkylation sites (N-methyl/N-ethyl adjacent to an activating group) is 1. The van der Waals surface area contributed by atoms with Crippen LogP contribution in [0.25, 0.3) is 11.3 Å². The van der Waals surface area contributed by atoms with Crippen LogP contribution in [0.4, 0.5) is 10.1 Å². The Bertz CT molecular complexity index is 1400. The lowest BCUT2D eigenvalue weighted by molar-refractivity contribution is 0.0992. The van der Waals surface area contributed by atoms with Gasteiger partial charge in [-0.2, -0.15) is 12.7 Å². The van der Waals surface area contributed by atoms with Gasteiger partial charge in [0.15, 0.2) is 0 Å². The van der Waals surface area contributed by atoms with E-state index in [2.05, 4.69) is 21.8 Å². The number of aromatic nitrogens is 2. The fourth-order valence-electron chi connectivity index (χ4n) is 5.61. The first-order chi connectivity index (χ1) is 17.1. The van der Waals surface area contributed by atoms with Crippen LogP contribution in [0.2, 0.25) is 0 Å². The second kappa shape index (κ2) is 9.10. The van der Waals surface area contributed by atoms with Crippen molar-refractivity contribution >= 4 is 15.9 Å². The van der Waals surface area contributed by atoms with Gasteiger partial charge in [0.05, 0.1) is 28.8 Å². The maximum Gasteiger partial charge on any atom is 0.304 e. The number of nitrogens with zero attached hydrogens (tertiary/aromatic N) is 5. The first-order valence-electron chi connectivity index (χ1n) is 12.0. The van der Waals surface area contributed by atoms with Gasteiger partial charge in [-0.25, -0.2) is 4.39 Å². The first kappa shape index (κ1) is 24.6. The second-order valence-electron chi connectivity index (χ2n) is 9.87. The van der Waals surface area contributed by atoms with Crippen molar-refractivity contribution in [2.75, 3.05) is 24.4 Å². The normalized spacial score (nSPS) is 24.4. The lowest BCUT2D eigenvalue weighted by atomic mass is 9.83. The summed E-state index contributed by atoms with van der Waals surface area (Å²) >= 11 is 0. The summed E-state index contributed by atoms with van der Waals surface area (Å²) in [6, 6.07) is 11.5. The molecule has 2 fully saturated rings. The van der Waals surface area contributed by atoms with E-state index < -0.39 is 21.6 Å². The smallest absolute Gasteiger partial charge is 0.304 e. The highest BCUT2D eigenvalue weighted by atomic mass is 32.2. The number of benzene rings is 1. The quantitative estimate of drug-likeness (QED) is 0.574. The Balaban J connectivity index is 1.40. The van der Waals surface area contributed by atoms with Crippen molar-refractivity contribution in [1.29, 1.82) is 0 Å². The van der Waals surface area contributed by atoms with Crippen molar-refractivity contribution in [2.24, 2.45) is 0 Å². The lowest BCUT2D eigenvalue weighted by Crippen LogP contribution is -2.57. The van der Waals surface area contributed by atoms with Crippen molar-refractivity contribution in [3.63, 3.8) is 0 Å². The molecule has 0 saturated carbocycles. The number of pyridine rings is 2. The SMILES string of the molecule is Cc1cccnc1-c1cc(CN2CC[C@@]3(C[C@@H]2C)CN(C)S(=O)(=O)N3c2cccc(F)c2)ncc1O. The zero-order valence-electron chi connectivity index (χ0n) is 20.6. The van der Waals surface area contributed by atoms with Crippen LogP contribution in [0.3, 0.4) is 0 Å². The van der Waals surface area contributed by atoms with Gasteiger partial charge in [-0.3, -0.25) is 19.2 Å². The number of aromatic hydroxyl groups is 1. The highest BCUT2D eigenvalue weighted by Crippen LogP contribution is 2.44. The Labute approximate surface area is 211 Å². The number of likely N-dealkylation sites (tertiary alicyclic amines) is 1. The molecule has 2 aromatic heterocycles. The number of rotatable bonds is 4. The van der Waals surface area contributed by atoms with Gasteiger partial charge in [-0.1, -0.05) is 12.1 Å². The molecule has 4 heterocycles. The summed E-state index contributed by atoms with van der Waals surface area (Å²) in [5.41, 5.74) is 2.82. The Morgan fingerprint density at radius 3 is 2.72 bits per heavy atom. The molecule has 2 aliphatic rings. The highest BCUT2D eigenvalue weighted by Gasteiger charge is 2.55. The van der Waals surface area contributed by atoms with E-state index in [4.69, 9.17) is 0 Å². The Kier molecular flexibility index (Phi) is 6.22. The molecule has 0 aliphatic carbocycles. The zero-order chi connectivity index (χ0) is 25.7. The number of hydrogen-bond acceptors (Lipinski definition) is 6. The molecule has 5 rings (SSSR count). The number of piperidine rings is 1. The summed E-state index contributed by atoms with van der Waals surface area (Å²) in [5, 5.41) is 10.4. The van der Waals surface area contributed by atoms with Crippen LogP contribution < -0.4 is 4.31 Å². The van der Waals surface area contributed by atoms with Gasteiger partial charge in [-0.15, -0.1) is 0 Å². The molecule has 3 aromatic rings. The molecule has 0 amide bonds. The van der Waals surface area contributed by atoms with Crippen molar-refractivity contribution in [2.45, 2.75) is 44.8 Å². The lowest BCUT2D eigenvalue weighted by Gasteiger charge is -2.47. The number of aryl methyl sites for hydroxylation is 1. The van der Waals surface area contributed by atoms with Crippen molar-refractivity contribution in [3.8, 4) is 17.0 Å².